The molecule has 1 fully saturated rings. The Balaban J connectivity index is 1.60. The molecule has 0 spiro atoms. The lowest BCUT2D eigenvalue weighted by Gasteiger charge is -2.48. The van der Waals surface area contributed by atoms with Gasteiger partial charge in [0.2, 0.25) is 5.91 Å². The second kappa shape index (κ2) is 8.95. The summed E-state index contributed by atoms with van der Waals surface area (Å²) in [6, 6.07) is 2.22. The van der Waals surface area contributed by atoms with Crippen LogP contribution in [0.3, 0.4) is 0 Å². The lowest BCUT2D eigenvalue weighted by atomic mass is 9.88. The van der Waals surface area contributed by atoms with E-state index in [9.17, 15) is 23.5 Å². The van der Waals surface area contributed by atoms with Gasteiger partial charge in [-0.1, -0.05) is 0 Å². The number of benzene rings is 1. The van der Waals surface area contributed by atoms with Gasteiger partial charge in [-0.3, -0.25) is 19.3 Å². The number of ether oxygens (including phenoxy) is 1. The number of amides is 2. The maximum Gasteiger partial charge on any atom is 0.408 e. The first-order valence-electron chi connectivity index (χ1n) is 11.1. The highest BCUT2D eigenvalue weighted by atomic mass is 19.1. The summed E-state index contributed by atoms with van der Waals surface area (Å²) in [6.07, 6.45) is 0.0451. The second-order valence-corrected chi connectivity index (χ2v) is 9.87. The number of carboxylic acid groups (broad SMARTS) is 1. The first-order chi connectivity index (χ1) is 15.9. The molecule has 0 radical (unpaired) electrons. The molecular weight excluding hydrogens is 448 g/mol. The molecule has 2 aromatic rings. The summed E-state index contributed by atoms with van der Waals surface area (Å²) in [5, 5.41) is 14.5. The number of nitrogens with zero attached hydrogens (tertiary/aromatic N) is 4. The molecule has 3 heterocycles. The van der Waals surface area contributed by atoms with Gasteiger partial charge < -0.3 is 15.6 Å². The first-order valence-corrected chi connectivity index (χ1v) is 11.1. The highest BCUT2D eigenvalue weighted by Crippen LogP contribution is 2.39. The minimum Gasteiger partial charge on any atom is -0.465 e. The number of hydrogen-bond acceptors (Lipinski definition) is 5. The maximum atomic E-state index is 14.7. The van der Waals surface area contributed by atoms with Gasteiger partial charge in [0, 0.05) is 42.0 Å². The third-order valence-electron chi connectivity index (χ3n) is 6.34. The zero-order chi connectivity index (χ0) is 24.8. The lowest BCUT2D eigenvalue weighted by molar-refractivity contribution is -0.118. The van der Waals surface area contributed by atoms with Crippen LogP contribution in [0, 0.1) is 11.6 Å². The summed E-state index contributed by atoms with van der Waals surface area (Å²) >= 11 is 0. The van der Waals surface area contributed by atoms with Crippen molar-refractivity contribution in [2.24, 2.45) is 5.73 Å². The SMILES string of the molecule is CC(C)(C)N(C(=O)O)[C@H]1C[C@@H](N2Cc3cn(CC(N)=O)nc3C2)CO[C@H]1c1cc(F)ccc1F. The van der Waals surface area contributed by atoms with Gasteiger partial charge in [0.1, 0.15) is 24.3 Å². The molecule has 11 heteroatoms. The molecule has 9 nitrogen and oxygen atoms in total. The van der Waals surface area contributed by atoms with E-state index >= 15 is 0 Å². The Bertz CT molecular complexity index is 1080. The van der Waals surface area contributed by atoms with Crippen LogP contribution in [-0.4, -0.2) is 60.9 Å². The van der Waals surface area contributed by atoms with Gasteiger partial charge in [-0.25, -0.2) is 13.6 Å². The Morgan fingerprint density at radius 3 is 2.65 bits per heavy atom. The van der Waals surface area contributed by atoms with Crippen LogP contribution in [0.1, 0.15) is 50.1 Å². The van der Waals surface area contributed by atoms with E-state index in [4.69, 9.17) is 10.5 Å². The summed E-state index contributed by atoms with van der Waals surface area (Å²) < 4.78 is 36.2. The van der Waals surface area contributed by atoms with Crippen LogP contribution in [0.25, 0.3) is 0 Å². The van der Waals surface area contributed by atoms with Crippen molar-refractivity contribution in [1.82, 2.24) is 19.6 Å². The lowest BCUT2D eigenvalue weighted by Crippen LogP contribution is -2.58. The fourth-order valence-electron chi connectivity index (χ4n) is 4.98. The quantitative estimate of drug-likeness (QED) is 0.685. The number of primary amides is 1. The molecule has 2 aliphatic rings. The van der Waals surface area contributed by atoms with E-state index in [1.807, 2.05) is 0 Å². The standard InChI is InChI=1S/C23H29F2N5O4/c1-23(2,3)30(22(32)33)19-7-15(12-34-21(19)16-6-14(24)4-5-17(16)25)28-8-13-9-29(11-20(26)31)27-18(13)10-28/h4-6,9,15,19,21H,7-8,10-12H2,1-3H3,(H2,26,31)(H,32,33)/t15-,19+,21+/m1/s1. The first kappa shape index (κ1) is 24.1. The molecule has 184 valence electrons. The Kier molecular flexibility index (Phi) is 6.34. The summed E-state index contributed by atoms with van der Waals surface area (Å²) in [4.78, 5) is 26.9. The summed E-state index contributed by atoms with van der Waals surface area (Å²) in [7, 11) is 0. The van der Waals surface area contributed by atoms with Crippen molar-refractivity contribution < 1.29 is 28.2 Å². The third kappa shape index (κ3) is 4.76. The topological polar surface area (TPSA) is 114 Å². The van der Waals surface area contributed by atoms with Crippen molar-refractivity contribution >= 4 is 12.0 Å². The van der Waals surface area contributed by atoms with Crippen LogP contribution < -0.4 is 5.73 Å². The molecule has 1 aromatic heterocycles. The normalized spacial score (nSPS) is 23.0. The molecule has 3 atom stereocenters. The molecule has 1 aromatic carbocycles. The van der Waals surface area contributed by atoms with Crippen LogP contribution in [0.15, 0.2) is 24.4 Å². The molecule has 2 amide bonds. The highest BCUT2D eigenvalue weighted by Gasteiger charge is 2.45. The van der Waals surface area contributed by atoms with E-state index in [0.717, 1.165) is 29.5 Å². The fourth-order valence-corrected chi connectivity index (χ4v) is 4.98. The minimum absolute atomic E-state index is 0.00163. The molecule has 1 saturated heterocycles. The monoisotopic (exact) mass is 477 g/mol. The third-order valence-corrected chi connectivity index (χ3v) is 6.34. The van der Waals surface area contributed by atoms with E-state index < -0.39 is 41.3 Å². The number of fused-ring (bicyclic) bond motifs is 1. The van der Waals surface area contributed by atoms with Gasteiger partial charge in [0.05, 0.1) is 18.3 Å². The van der Waals surface area contributed by atoms with Gasteiger partial charge in [0.25, 0.3) is 0 Å². The Morgan fingerprint density at radius 2 is 2.03 bits per heavy atom. The van der Waals surface area contributed by atoms with Crippen LogP contribution in [0.4, 0.5) is 13.6 Å². The maximum absolute atomic E-state index is 14.7. The molecule has 0 bridgehead atoms. The van der Waals surface area contributed by atoms with E-state index in [1.165, 1.54) is 9.58 Å². The van der Waals surface area contributed by atoms with E-state index in [2.05, 4.69) is 10.00 Å². The van der Waals surface area contributed by atoms with Crippen molar-refractivity contribution in [2.45, 2.75) is 70.6 Å². The fraction of sp³-hybridized carbons (Fsp3) is 0.522. The highest BCUT2D eigenvalue weighted by molar-refractivity contribution is 5.73. The van der Waals surface area contributed by atoms with Crippen LogP contribution in [0.5, 0.6) is 0 Å². The van der Waals surface area contributed by atoms with Crippen LogP contribution >= 0.6 is 0 Å². The van der Waals surface area contributed by atoms with Crippen LogP contribution in [-0.2, 0) is 29.2 Å². The number of nitrogens with two attached hydrogens (primary N) is 1. The summed E-state index contributed by atoms with van der Waals surface area (Å²) in [6.45, 7) is 6.56. The zero-order valence-corrected chi connectivity index (χ0v) is 19.4. The molecule has 4 rings (SSSR count). The largest absolute Gasteiger partial charge is 0.465 e. The van der Waals surface area contributed by atoms with Crippen LogP contribution in [0.2, 0.25) is 0 Å². The Hall–Kier alpha value is -3.05. The van der Waals surface area contributed by atoms with Crippen molar-refractivity contribution in [3.8, 4) is 0 Å². The molecule has 2 aliphatic heterocycles. The molecule has 3 N–H and O–H groups in total. The van der Waals surface area contributed by atoms with Gasteiger partial charge >= 0.3 is 6.09 Å². The van der Waals surface area contributed by atoms with E-state index in [0.29, 0.717) is 19.5 Å². The van der Waals surface area contributed by atoms with Gasteiger partial charge in [-0.15, -0.1) is 0 Å². The zero-order valence-electron chi connectivity index (χ0n) is 19.4. The summed E-state index contributed by atoms with van der Waals surface area (Å²) in [5.41, 5.74) is 6.23. The molecule has 0 aliphatic carbocycles. The predicted octanol–water partition coefficient (Wildman–Crippen LogP) is 2.64. The molecule has 34 heavy (non-hydrogen) atoms. The van der Waals surface area contributed by atoms with Crippen molar-refractivity contribution in [3.63, 3.8) is 0 Å². The number of rotatable bonds is 5. The summed E-state index contributed by atoms with van der Waals surface area (Å²) in [5.74, 6) is -1.73. The molecular formula is C23H29F2N5O4. The van der Waals surface area contributed by atoms with E-state index in [1.54, 1.807) is 27.0 Å². The predicted molar refractivity (Wildman–Crippen MR) is 118 cm³/mol. The number of hydrogen-bond donors (Lipinski definition) is 2. The number of carbonyl (C=O) groups excluding carboxylic acids is 1. The second-order valence-electron chi connectivity index (χ2n) is 9.87. The number of aromatic nitrogens is 2. The Labute approximate surface area is 196 Å². The van der Waals surface area contributed by atoms with Gasteiger partial charge in [-0.05, 0) is 45.4 Å². The van der Waals surface area contributed by atoms with Crippen molar-refractivity contribution in [1.29, 1.82) is 0 Å². The number of carbonyl (C=O) groups is 2. The minimum atomic E-state index is -1.16. The van der Waals surface area contributed by atoms with Crippen molar-refractivity contribution in [3.05, 3.63) is 52.9 Å². The van der Waals surface area contributed by atoms with E-state index in [-0.39, 0.29) is 24.8 Å². The Morgan fingerprint density at radius 1 is 1.29 bits per heavy atom. The van der Waals surface area contributed by atoms with Gasteiger partial charge in [0.15, 0.2) is 0 Å². The van der Waals surface area contributed by atoms with Gasteiger partial charge in [-0.2, -0.15) is 5.10 Å². The average Bonchev–Trinajstić information content (AvgIpc) is 3.26. The smallest absolute Gasteiger partial charge is 0.408 e. The average molecular weight is 478 g/mol. The molecule has 0 saturated carbocycles. The number of halogens is 2. The molecule has 0 unspecified atom stereocenters. The van der Waals surface area contributed by atoms with Crippen molar-refractivity contribution in [2.75, 3.05) is 6.61 Å².